The number of aliphatic hydroxyl groups excluding tert-OH is 1. The highest BCUT2D eigenvalue weighted by Crippen LogP contribution is 2.12. The van der Waals surface area contributed by atoms with E-state index in [1.165, 1.54) is 6.07 Å². The minimum absolute atomic E-state index is 0.129. The maximum Gasteiger partial charge on any atom is 0.159 e. The number of hydrogen-bond acceptors (Lipinski definition) is 1. The molecule has 0 aliphatic carbocycles. The Morgan fingerprint density at radius 1 is 1.29 bits per heavy atom. The van der Waals surface area contributed by atoms with Gasteiger partial charge < -0.3 is 5.11 Å². The standard InChI is InChI=1S/C11H14F2O/c1-8(7-14)2-3-9-4-5-10(12)11(13)6-9/h4-6,8,14H,2-3,7H2,1H3. The summed E-state index contributed by atoms with van der Waals surface area (Å²) in [5.41, 5.74) is 0.768. The lowest BCUT2D eigenvalue weighted by molar-refractivity contribution is 0.230. The van der Waals surface area contributed by atoms with Crippen LogP contribution in [0.3, 0.4) is 0 Å². The minimum atomic E-state index is -0.816. The van der Waals surface area contributed by atoms with Gasteiger partial charge in [-0.05, 0) is 36.5 Å². The summed E-state index contributed by atoms with van der Waals surface area (Å²) in [4.78, 5) is 0. The quantitative estimate of drug-likeness (QED) is 0.791. The van der Waals surface area contributed by atoms with Gasteiger partial charge >= 0.3 is 0 Å². The van der Waals surface area contributed by atoms with E-state index in [0.717, 1.165) is 18.1 Å². The number of halogens is 2. The smallest absolute Gasteiger partial charge is 0.159 e. The molecule has 0 radical (unpaired) electrons. The predicted octanol–water partition coefficient (Wildman–Crippen LogP) is 2.53. The summed E-state index contributed by atoms with van der Waals surface area (Å²) in [6.45, 7) is 2.05. The molecule has 0 amide bonds. The van der Waals surface area contributed by atoms with Crippen LogP contribution in [0.4, 0.5) is 8.78 Å². The lowest BCUT2D eigenvalue weighted by Crippen LogP contribution is -2.02. The highest BCUT2D eigenvalue weighted by atomic mass is 19.2. The molecule has 0 bridgehead atoms. The van der Waals surface area contributed by atoms with Crippen LogP contribution >= 0.6 is 0 Å². The molecule has 0 heterocycles. The van der Waals surface area contributed by atoms with Crippen LogP contribution in [0.25, 0.3) is 0 Å². The zero-order chi connectivity index (χ0) is 10.6. The molecule has 0 saturated heterocycles. The van der Waals surface area contributed by atoms with Crippen molar-refractivity contribution in [1.82, 2.24) is 0 Å². The molecule has 0 spiro atoms. The van der Waals surface area contributed by atoms with Gasteiger partial charge in [0.05, 0.1) is 0 Å². The van der Waals surface area contributed by atoms with Crippen molar-refractivity contribution in [3.63, 3.8) is 0 Å². The molecule has 1 aromatic carbocycles. The van der Waals surface area contributed by atoms with Gasteiger partial charge in [0.15, 0.2) is 11.6 Å². The Bertz CT molecular complexity index is 299. The largest absolute Gasteiger partial charge is 0.396 e. The minimum Gasteiger partial charge on any atom is -0.396 e. The monoisotopic (exact) mass is 200 g/mol. The number of rotatable bonds is 4. The summed E-state index contributed by atoms with van der Waals surface area (Å²) in [5.74, 6) is -1.42. The fourth-order valence-electron chi connectivity index (χ4n) is 1.20. The van der Waals surface area contributed by atoms with Crippen LogP contribution in [0.15, 0.2) is 18.2 Å². The van der Waals surface area contributed by atoms with E-state index in [0.29, 0.717) is 6.42 Å². The molecule has 0 saturated carbocycles. The normalized spacial score (nSPS) is 12.9. The first-order chi connectivity index (χ1) is 6.63. The third-order valence-electron chi connectivity index (χ3n) is 2.22. The summed E-state index contributed by atoms with van der Waals surface area (Å²) in [7, 11) is 0. The predicted molar refractivity (Wildman–Crippen MR) is 50.9 cm³/mol. The molecular formula is C11H14F2O. The summed E-state index contributed by atoms with van der Waals surface area (Å²) >= 11 is 0. The number of aliphatic hydroxyl groups is 1. The number of benzene rings is 1. The van der Waals surface area contributed by atoms with E-state index in [1.54, 1.807) is 6.07 Å². The lowest BCUT2D eigenvalue weighted by Gasteiger charge is -2.07. The first-order valence-electron chi connectivity index (χ1n) is 4.68. The van der Waals surface area contributed by atoms with E-state index in [4.69, 9.17) is 5.11 Å². The summed E-state index contributed by atoms with van der Waals surface area (Å²) in [6.07, 6.45) is 1.44. The molecule has 1 N–H and O–H groups in total. The molecule has 1 atom stereocenters. The van der Waals surface area contributed by atoms with Crippen LogP contribution in [0.1, 0.15) is 18.9 Å². The van der Waals surface area contributed by atoms with Crippen LogP contribution in [-0.4, -0.2) is 11.7 Å². The fourth-order valence-corrected chi connectivity index (χ4v) is 1.20. The molecule has 1 aromatic rings. The average molecular weight is 200 g/mol. The lowest BCUT2D eigenvalue weighted by atomic mass is 10.0. The fraction of sp³-hybridized carbons (Fsp3) is 0.455. The van der Waals surface area contributed by atoms with Crippen molar-refractivity contribution in [2.45, 2.75) is 19.8 Å². The second kappa shape index (κ2) is 5.05. The zero-order valence-corrected chi connectivity index (χ0v) is 8.13. The van der Waals surface area contributed by atoms with Crippen LogP contribution in [0, 0.1) is 17.6 Å². The summed E-state index contributed by atoms with van der Waals surface area (Å²) in [5, 5.41) is 8.78. The van der Waals surface area contributed by atoms with Crippen molar-refractivity contribution in [2.24, 2.45) is 5.92 Å². The Labute approximate surface area is 82.4 Å². The Kier molecular flexibility index (Phi) is 4.01. The Balaban J connectivity index is 2.55. The van der Waals surface area contributed by atoms with Gasteiger partial charge in [0.25, 0.3) is 0 Å². The third-order valence-corrected chi connectivity index (χ3v) is 2.22. The van der Waals surface area contributed by atoms with E-state index in [-0.39, 0.29) is 12.5 Å². The maximum absolute atomic E-state index is 12.8. The van der Waals surface area contributed by atoms with E-state index < -0.39 is 11.6 Å². The maximum atomic E-state index is 12.8. The first-order valence-corrected chi connectivity index (χ1v) is 4.68. The van der Waals surface area contributed by atoms with Gasteiger partial charge in [0.2, 0.25) is 0 Å². The van der Waals surface area contributed by atoms with Gasteiger partial charge in [0.1, 0.15) is 0 Å². The number of hydrogen-bond donors (Lipinski definition) is 1. The summed E-state index contributed by atoms with van der Waals surface area (Å²) in [6, 6.07) is 3.91. The topological polar surface area (TPSA) is 20.2 Å². The second-order valence-corrected chi connectivity index (χ2v) is 3.57. The second-order valence-electron chi connectivity index (χ2n) is 3.57. The van der Waals surface area contributed by atoms with Crippen molar-refractivity contribution in [3.8, 4) is 0 Å². The Morgan fingerprint density at radius 2 is 2.00 bits per heavy atom. The van der Waals surface area contributed by atoms with Crippen LogP contribution in [0.2, 0.25) is 0 Å². The number of aryl methyl sites for hydroxylation is 1. The van der Waals surface area contributed by atoms with Crippen molar-refractivity contribution in [3.05, 3.63) is 35.4 Å². The van der Waals surface area contributed by atoms with E-state index in [2.05, 4.69) is 0 Å². The van der Waals surface area contributed by atoms with Gasteiger partial charge in [-0.15, -0.1) is 0 Å². The van der Waals surface area contributed by atoms with Gasteiger partial charge in [-0.2, -0.15) is 0 Å². The molecule has 1 rings (SSSR count). The molecule has 0 aliphatic rings. The van der Waals surface area contributed by atoms with Crippen molar-refractivity contribution < 1.29 is 13.9 Å². The van der Waals surface area contributed by atoms with E-state index in [9.17, 15) is 8.78 Å². The van der Waals surface area contributed by atoms with E-state index >= 15 is 0 Å². The third kappa shape index (κ3) is 3.07. The van der Waals surface area contributed by atoms with Crippen LogP contribution in [0.5, 0.6) is 0 Å². The highest BCUT2D eigenvalue weighted by molar-refractivity contribution is 5.17. The summed E-state index contributed by atoms with van der Waals surface area (Å²) < 4.78 is 25.3. The first kappa shape index (κ1) is 11.1. The van der Waals surface area contributed by atoms with Crippen molar-refractivity contribution in [1.29, 1.82) is 0 Å². The average Bonchev–Trinajstić information content (AvgIpc) is 2.19. The van der Waals surface area contributed by atoms with Crippen LogP contribution < -0.4 is 0 Å². The SMILES string of the molecule is CC(CO)CCc1ccc(F)c(F)c1. The van der Waals surface area contributed by atoms with Crippen LogP contribution in [-0.2, 0) is 6.42 Å². The van der Waals surface area contributed by atoms with Gasteiger partial charge in [-0.3, -0.25) is 0 Å². The molecule has 0 fully saturated rings. The Morgan fingerprint density at radius 3 is 2.57 bits per heavy atom. The zero-order valence-electron chi connectivity index (χ0n) is 8.13. The molecule has 14 heavy (non-hydrogen) atoms. The molecule has 0 aliphatic heterocycles. The molecule has 1 unspecified atom stereocenters. The van der Waals surface area contributed by atoms with Crippen molar-refractivity contribution >= 4 is 0 Å². The van der Waals surface area contributed by atoms with Crippen molar-refractivity contribution in [2.75, 3.05) is 6.61 Å². The van der Waals surface area contributed by atoms with Gasteiger partial charge in [0, 0.05) is 6.61 Å². The Hall–Kier alpha value is -0.960. The van der Waals surface area contributed by atoms with E-state index in [1.807, 2.05) is 6.92 Å². The molecular weight excluding hydrogens is 186 g/mol. The molecule has 1 nitrogen and oxygen atoms in total. The van der Waals surface area contributed by atoms with Gasteiger partial charge in [-0.1, -0.05) is 13.0 Å². The molecule has 0 aromatic heterocycles. The molecule has 78 valence electrons. The highest BCUT2D eigenvalue weighted by Gasteiger charge is 2.04. The molecule has 3 heteroatoms. The van der Waals surface area contributed by atoms with Gasteiger partial charge in [-0.25, -0.2) is 8.78 Å².